The molecule has 0 aromatic heterocycles. The van der Waals surface area contributed by atoms with Crippen molar-refractivity contribution in [2.75, 3.05) is 5.32 Å². The Kier molecular flexibility index (Phi) is 4.20. The Morgan fingerprint density at radius 3 is 2.45 bits per heavy atom. The Bertz CT molecular complexity index is 680. The zero-order chi connectivity index (χ0) is 14.7. The highest BCUT2D eigenvalue weighted by atomic mass is 35.5. The second-order valence-electron chi connectivity index (χ2n) is 4.56. The normalized spacial score (nSPS) is 10.2. The van der Waals surface area contributed by atoms with Crippen LogP contribution in [-0.2, 0) is 0 Å². The number of rotatable bonds is 3. The van der Waals surface area contributed by atoms with Crippen molar-refractivity contribution >= 4 is 29.0 Å². The monoisotopic (exact) mass is 287 g/mol. The van der Waals surface area contributed by atoms with Crippen LogP contribution in [-0.4, -0.2) is 11.7 Å². The smallest absolute Gasteiger partial charge is 0.255 e. The van der Waals surface area contributed by atoms with Crippen LogP contribution in [0.5, 0.6) is 0 Å². The molecular formula is C16H14ClNO2. The second-order valence-corrected chi connectivity index (χ2v) is 4.96. The van der Waals surface area contributed by atoms with Gasteiger partial charge in [0, 0.05) is 21.8 Å². The summed E-state index contributed by atoms with van der Waals surface area (Å²) in [5.41, 5.74) is 2.54. The number of carbonyl (C=O) groups is 2. The lowest BCUT2D eigenvalue weighted by Gasteiger charge is -2.07. The van der Waals surface area contributed by atoms with E-state index in [-0.39, 0.29) is 11.7 Å². The predicted octanol–water partition coefficient (Wildman–Crippen LogP) is 4.10. The van der Waals surface area contributed by atoms with Crippen LogP contribution in [0.25, 0.3) is 0 Å². The SMILES string of the molecule is CC(=O)c1cccc(NC(=O)c2ccc(C)c(Cl)c2)c1. The predicted molar refractivity (Wildman–Crippen MR) is 80.6 cm³/mol. The van der Waals surface area contributed by atoms with Gasteiger partial charge in [0.25, 0.3) is 5.91 Å². The molecule has 0 aliphatic rings. The van der Waals surface area contributed by atoms with Crippen molar-refractivity contribution in [3.05, 3.63) is 64.2 Å². The zero-order valence-electron chi connectivity index (χ0n) is 11.2. The van der Waals surface area contributed by atoms with Gasteiger partial charge in [0.1, 0.15) is 0 Å². The largest absolute Gasteiger partial charge is 0.322 e. The highest BCUT2D eigenvalue weighted by Gasteiger charge is 2.08. The second kappa shape index (κ2) is 5.88. The Morgan fingerprint density at radius 2 is 1.80 bits per heavy atom. The van der Waals surface area contributed by atoms with Gasteiger partial charge >= 0.3 is 0 Å². The minimum absolute atomic E-state index is 0.0421. The summed E-state index contributed by atoms with van der Waals surface area (Å²) in [6.45, 7) is 3.36. The molecule has 4 heteroatoms. The Balaban J connectivity index is 2.21. The third kappa shape index (κ3) is 3.25. The number of aryl methyl sites for hydroxylation is 1. The number of hydrogen-bond donors (Lipinski definition) is 1. The van der Waals surface area contributed by atoms with E-state index in [1.807, 2.05) is 6.92 Å². The number of nitrogens with one attached hydrogen (secondary N) is 1. The first kappa shape index (κ1) is 14.3. The Morgan fingerprint density at radius 1 is 1.05 bits per heavy atom. The molecule has 2 aromatic carbocycles. The average Bonchev–Trinajstić information content (AvgIpc) is 2.42. The number of anilines is 1. The van der Waals surface area contributed by atoms with E-state index in [1.165, 1.54) is 6.92 Å². The van der Waals surface area contributed by atoms with E-state index < -0.39 is 0 Å². The van der Waals surface area contributed by atoms with E-state index in [1.54, 1.807) is 42.5 Å². The number of ketones is 1. The topological polar surface area (TPSA) is 46.2 Å². The molecule has 3 nitrogen and oxygen atoms in total. The maximum Gasteiger partial charge on any atom is 0.255 e. The molecule has 2 aromatic rings. The lowest BCUT2D eigenvalue weighted by atomic mass is 10.1. The molecule has 0 unspecified atom stereocenters. The van der Waals surface area contributed by atoms with Gasteiger partial charge in [-0.25, -0.2) is 0 Å². The fourth-order valence-electron chi connectivity index (χ4n) is 1.75. The number of carbonyl (C=O) groups excluding carboxylic acids is 2. The van der Waals surface area contributed by atoms with Gasteiger partial charge in [-0.1, -0.05) is 29.8 Å². The van der Waals surface area contributed by atoms with Crippen LogP contribution in [0.1, 0.15) is 33.2 Å². The number of Topliss-reactive ketones (excluding diaryl/α,β-unsaturated/α-hetero) is 1. The molecule has 0 atom stereocenters. The first-order valence-electron chi connectivity index (χ1n) is 6.16. The molecule has 1 N–H and O–H groups in total. The molecule has 0 heterocycles. The lowest BCUT2D eigenvalue weighted by Crippen LogP contribution is -2.12. The summed E-state index contributed by atoms with van der Waals surface area (Å²) < 4.78 is 0. The van der Waals surface area contributed by atoms with Crippen LogP contribution >= 0.6 is 11.6 Å². The van der Waals surface area contributed by atoms with Gasteiger partial charge in [-0.15, -0.1) is 0 Å². The summed E-state index contributed by atoms with van der Waals surface area (Å²) in [6, 6.07) is 12.0. The molecule has 20 heavy (non-hydrogen) atoms. The van der Waals surface area contributed by atoms with Gasteiger partial charge in [-0.3, -0.25) is 9.59 Å². The minimum Gasteiger partial charge on any atom is -0.322 e. The van der Waals surface area contributed by atoms with Crippen molar-refractivity contribution < 1.29 is 9.59 Å². The third-order valence-electron chi connectivity index (χ3n) is 2.96. The van der Waals surface area contributed by atoms with Crippen molar-refractivity contribution in [3.8, 4) is 0 Å². The van der Waals surface area contributed by atoms with Crippen LogP contribution in [0.15, 0.2) is 42.5 Å². The average molecular weight is 288 g/mol. The molecule has 102 valence electrons. The maximum atomic E-state index is 12.1. The molecule has 0 saturated heterocycles. The maximum absolute atomic E-state index is 12.1. The minimum atomic E-state index is -0.257. The highest BCUT2D eigenvalue weighted by molar-refractivity contribution is 6.31. The Hall–Kier alpha value is -2.13. The van der Waals surface area contributed by atoms with E-state index in [0.29, 0.717) is 21.8 Å². The number of amides is 1. The highest BCUT2D eigenvalue weighted by Crippen LogP contribution is 2.18. The van der Waals surface area contributed by atoms with Gasteiger partial charge in [-0.2, -0.15) is 0 Å². The molecule has 0 radical (unpaired) electrons. The summed E-state index contributed by atoms with van der Waals surface area (Å²) in [7, 11) is 0. The van der Waals surface area contributed by atoms with E-state index in [9.17, 15) is 9.59 Å². The van der Waals surface area contributed by atoms with E-state index >= 15 is 0 Å². The van der Waals surface area contributed by atoms with Gasteiger partial charge in [-0.05, 0) is 43.7 Å². The van der Waals surface area contributed by atoms with Crippen LogP contribution in [0.4, 0.5) is 5.69 Å². The molecule has 0 spiro atoms. The molecule has 2 rings (SSSR count). The summed E-state index contributed by atoms with van der Waals surface area (Å²) in [5.74, 6) is -0.299. The summed E-state index contributed by atoms with van der Waals surface area (Å²) >= 11 is 6.00. The number of halogens is 1. The number of hydrogen-bond acceptors (Lipinski definition) is 2. The quantitative estimate of drug-likeness (QED) is 0.864. The van der Waals surface area contributed by atoms with Crippen LogP contribution in [0.3, 0.4) is 0 Å². The third-order valence-corrected chi connectivity index (χ3v) is 3.37. The molecular weight excluding hydrogens is 274 g/mol. The first-order valence-corrected chi connectivity index (χ1v) is 6.53. The van der Waals surface area contributed by atoms with Gasteiger partial charge in [0.2, 0.25) is 0 Å². The fraction of sp³-hybridized carbons (Fsp3) is 0.125. The molecule has 0 aliphatic carbocycles. The van der Waals surface area contributed by atoms with E-state index in [2.05, 4.69) is 5.32 Å². The van der Waals surface area contributed by atoms with Crippen molar-refractivity contribution in [3.63, 3.8) is 0 Å². The van der Waals surface area contributed by atoms with Gasteiger partial charge in [0.15, 0.2) is 5.78 Å². The summed E-state index contributed by atoms with van der Waals surface area (Å²) in [4.78, 5) is 23.4. The molecule has 0 aliphatic heterocycles. The van der Waals surface area contributed by atoms with Crippen LogP contribution in [0, 0.1) is 6.92 Å². The summed E-state index contributed by atoms with van der Waals surface area (Å²) in [5, 5.41) is 3.30. The zero-order valence-corrected chi connectivity index (χ0v) is 12.0. The molecule has 0 saturated carbocycles. The molecule has 0 fully saturated rings. The fourth-order valence-corrected chi connectivity index (χ4v) is 1.93. The first-order chi connectivity index (χ1) is 9.47. The van der Waals surface area contributed by atoms with Gasteiger partial charge in [0.05, 0.1) is 0 Å². The van der Waals surface area contributed by atoms with Crippen molar-refractivity contribution in [2.24, 2.45) is 0 Å². The molecule has 1 amide bonds. The summed E-state index contributed by atoms with van der Waals surface area (Å²) in [6.07, 6.45) is 0. The van der Waals surface area contributed by atoms with Crippen LogP contribution in [0.2, 0.25) is 5.02 Å². The standard InChI is InChI=1S/C16H14ClNO2/c1-10-6-7-13(9-15(10)17)16(20)18-14-5-3-4-12(8-14)11(2)19/h3-9H,1-2H3,(H,18,20). The van der Waals surface area contributed by atoms with Crippen molar-refractivity contribution in [1.82, 2.24) is 0 Å². The van der Waals surface area contributed by atoms with Gasteiger partial charge < -0.3 is 5.32 Å². The lowest BCUT2D eigenvalue weighted by molar-refractivity contribution is 0.101. The van der Waals surface area contributed by atoms with Crippen LogP contribution < -0.4 is 5.32 Å². The van der Waals surface area contributed by atoms with E-state index in [4.69, 9.17) is 11.6 Å². The van der Waals surface area contributed by atoms with Crippen molar-refractivity contribution in [1.29, 1.82) is 0 Å². The molecule has 0 bridgehead atoms. The van der Waals surface area contributed by atoms with E-state index in [0.717, 1.165) is 5.56 Å². The number of benzene rings is 2. The van der Waals surface area contributed by atoms with Crippen molar-refractivity contribution in [2.45, 2.75) is 13.8 Å². The Labute approximate surface area is 122 Å².